The van der Waals surface area contributed by atoms with E-state index in [4.69, 9.17) is 0 Å². The van der Waals surface area contributed by atoms with Gasteiger partial charge in [-0.3, -0.25) is 4.79 Å². The van der Waals surface area contributed by atoms with Crippen molar-refractivity contribution in [2.75, 3.05) is 13.3 Å². The topological polar surface area (TPSA) is 63.4 Å². The highest BCUT2D eigenvalue weighted by Gasteiger charge is 2.18. The molecule has 1 aromatic carbocycles. The van der Waals surface area contributed by atoms with Crippen LogP contribution < -0.4 is 0 Å². The fraction of sp³-hybridized carbons (Fsp3) is 0.368. The number of rotatable bonds is 5. The van der Waals surface area contributed by atoms with Crippen LogP contribution in [0.4, 0.5) is 0 Å². The number of thioether (sulfide) groups is 1. The molecule has 0 bridgehead atoms. The van der Waals surface area contributed by atoms with Gasteiger partial charge in [0, 0.05) is 30.5 Å². The number of hydrogen-bond donors (Lipinski definition) is 0. The lowest BCUT2D eigenvalue weighted by molar-refractivity contribution is -0.129. The quantitative estimate of drug-likeness (QED) is 0.647. The van der Waals surface area contributed by atoms with E-state index in [1.54, 1.807) is 9.42 Å². The van der Waals surface area contributed by atoms with E-state index in [-0.39, 0.29) is 5.91 Å². The van der Waals surface area contributed by atoms with Crippen molar-refractivity contribution in [2.45, 2.75) is 38.9 Å². The van der Waals surface area contributed by atoms with Crippen LogP contribution >= 0.6 is 11.8 Å². The summed E-state index contributed by atoms with van der Waals surface area (Å²) in [5.41, 5.74) is 5.00. The zero-order valence-corrected chi connectivity index (χ0v) is 16.6. The molecule has 0 saturated heterocycles. The van der Waals surface area contributed by atoms with Crippen molar-refractivity contribution in [3.63, 3.8) is 0 Å². The van der Waals surface area contributed by atoms with E-state index in [9.17, 15) is 4.79 Å². The Morgan fingerprint density at radius 3 is 2.62 bits per heavy atom. The number of amides is 1. The average Bonchev–Trinajstić information content (AvgIpc) is 3.03. The molecule has 0 atom stereocenters. The van der Waals surface area contributed by atoms with E-state index in [1.165, 1.54) is 17.3 Å². The largest absolute Gasteiger partial charge is 0.341 e. The van der Waals surface area contributed by atoms with Crippen LogP contribution in [0.1, 0.15) is 28.1 Å². The van der Waals surface area contributed by atoms with Gasteiger partial charge in [0.05, 0.1) is 6.42 Å². The van der Waals surface area contributed by atoms with Crippen LogP contribution in [-0.2, 0) is 17.8 Å². The van der Waals surface area contributed by atoms with Gasteiger partial charge in [-0.15, -0.1) is 5.10 Å². The fourth-order valence-corrected chi connectivity index (χ4v) is 3.29. The standard InChI is InChI=1S/C19H23N5OS/c1-12-8-6-7-9-15(12)11-23(4)17(25)10-16-13(2)20-18-21-19(26-5)22-24(18)14(16)3/h6-9H,10-11H2,1-5H3. The minimum absolute atomic E-state index is 0.0609. The Hall–Kier alpha value is -2.41. The van der Waals surface area contributed by atoms with E-state index in [0.29, 0.717) is 23.9 Å². The summed E-state index contributed by atoms with van der Waals surface area (Å²) in [5, 5.41) is 5.13. The highest BCUT2D eigenvalue weighted by molar-refractivity contribution is 7.98. The van der Waals surface area contributed by atoms with Crippen molar-refractivity contribution < 1.29 is 4.79 Å². The molecule has 2 aromatic heterocycles. The Morgan fingerprint density at radius 1 is 1.19 bits per heavy atom. The highest BCUT2D eigenvalue weighted by Crippen LogP contribution is 2.18. The maximum absolute atomic E-state index is 12.8. The molecule has 0 saturated carbocycles. The summed E-state index contributed by atoms with van der Waals surface area (Å²) in [6.45, 7) is 6.54. The molecule has 0 radical (unpaired) electrons. The van der Waals surface area contributed by atoms with Crippen LogP contribution in [-0.4, -0.2) is 43.7 Å². The lowest BCUT2D eigenvalue weighted by Crippen LogP contribution is -2.29. The zero-order valence-electron chi connectivity index (χ0n) is 15.8. The van der Waals surface area contributed by atoms with Gasteiger partial charge in [-0.1, -0.05) is 36.0 Å². The lowest BCUT2D eigenvalue weighted by Gasteiger charge is -2.19. The Labute approximate surface area is 157 Å². The number of aryl methyl sites for hydroxylation is 3. The number of carbonyl (C=O) groups is 1. The first-order valence-electron chi connectivity index (χ1n) is 8.46. The summed E-state index contributed by atoms with van der Waals surface area (Å²) in [7, 11) is 1.84. The maximum atomic E-state index is 12.8. The molecule has 136 valence electrons. The van der Waals surface area contributed by atoms with Crippen LogP contribution in [0, 0.1) is 20.8 Å². The number of hydrogen-bond acceptors (Lipinski definition) is 5. The third-order valence-electron chi connectivity index (χ3n) is 4.63. The molecule has 0 aliphatic carbocycles. The van der Waals surface area contributed by atoms with Gasteiger partial charge in [0.15, 0.2) is 0 Å². The molecule has 2 heterocycles. The molecule has 1 amide bonds. The van der Waals surface area contributed by atoms with E-state index >= 15 is 0 Å². The van der Waals surface area contributed by atoms with Crippen molar-refractivity contribution in [1.29, 1.82) is 0 Å². The summed E-state index contributed by atoms with van der Waals surface area (Å²) in [4.78, 5) is 23.4. The van der Waals surface area contributed by atoms with E-state index in [1.807, 2.05) is 39.3 Å². The van der Waals surface area contributed by atoms with E-state index in [2.05, 4.69) is 34.1 Å². The molecule has 0 unspecified atom stereocenters. The third-order valence-corrected chi connectivity index (χ3v) is 5.17. The van der Waals surface area contributed by atoms with Gasteiger partial charge < -0.3 is 4.90 Å². The molecule has 6 nitrogen and oxygen atoms in total. The smallest absolute Gasteiger partial charge is 0.253 e. The first kappa shape index (κ1) is 18.4. The molecule has 3 rings (SSSR count). The second-order valence-electron chi connectivity index (χ2n) is 6.42. The van der Waals surface area contributed by atoms with Crippen LogP contribution in [0.25, 0.3) is 5.78 Å². The number of aromatic nitrogens is 4. The van der Waals surface area contributed by atoms with Crippen molar-refractivity contribution in [1.82, 2.24) is 24.5 Å². The van der Waals surface area contributed by atoms with Crippen molar-refractivity contribution in [3.05, 3.63) is 52.3 Å². The molecular formula is C19H23N5OS. The summed E-state index contributed by atoms with van der Waals surface area (Å²) < 4.78 is 1.72. The number of nitrogens with zero attached hydrogens (tertiary/aromatic N) is 5. The van der Waals surface area contributed by atoms with Gasteiger partial charge in [0.2, 0.25) is 11.1 Å². The molecule has 0 aliphatic heterocycles. The second-order valence-corrected chi connectivity index (χ2v) is 7.20. The van der Waals surface area contributed by atoms with Crippen molar-refractivity contribution in [2.24, 2.45) is 0 Å². The van der Waals surface area contributed by atoms with Gasteiger partial charge in [0.25, 0.3) is 5.78 Å². The minimum atomic E-state index is 0.0609. The third kappa shape index (κ3) is 3.58. The highest BCUT2D eigenvalue weighted by atomic mass is 32.2. The predicted octanol–water partition coefficient (Wildman–Crippen LogP) is 2.97. The molecule has 0 N–H and O–H groups in total. The molecule has 7 heteroatoms. The lowest BCUT2D eigenvalue weighted by atomic mass is 10.1. The summed E-state index contributed by atoms with van der Waals surface area (Å²) in [6, 6.07) is 8.13. The van der Waals surface area contributed by atoms with E-state index in [0.717, 1.165) is 22.5 Å². The van der Waals surface area contributed by atoms with Gasteiger partial charge in [0.1, 0.15) is 0 Å². The number of benzene rings is 1. The monoisotopic (exact) mass is 369 g/mol. The molecule has 26 heavy (non-hydrogen) atoms. The Balaban J connectivity index is 1.83. The minimum Gasteiger partial charge on any atom is -0.341 e. The first-order valence-corrected chi connectivity index (χ1v) is 9.68. The number of carbonyl (C=O) groups excluding carboxylic acids is 1. The summed E-state index contributed by atoms with van der Waals surface area (Å²) in [5.74, 6) is 0.639. The van der Waals surface area contributed by atoms with Gasteiger partial charge in [-0.05, 0) is 38.2 Å². The Morgan fingerprint density at radius 2 is 1.92 bits per heavy atom. The van der Waals surface area contributed by atoms with Crippen LogP contribution in [0.3, 0.4) is 0 Å². The number of likely N-dealkylation sites (N-methyl/N-ethyl adjacent to an activating group) is 1. The summed E-state index contributed by atoms with van der Waals surface area (Å²) >= 11 is 1.48. The van der Waals surface area contributed by atoms with Gasteiger partial charge in [-0.25, -0.2) is 9.50 Å². The van der Waals surface area contributed by atoms with Crippen LogP contribution in [0.2, 0.25) is 0 Å². The molecule has 0 fully saturated rings. The van der Waals surface area contributed by atoms with Crippen molar-refractivity contribution in [3.8, 4) is 0 Å². The van der Waals surface area contributed by atoms with E-state index < -0.39 is 0 Å². The second kappa shape index (κ2) is 7.45. The normalized spacial score (nSPS) is 11.1. The molecule has 0 spiro atoms. The number of fused-ring (bicyclic) bond motifs is 1. The first-order chi connectivity index (χ1) is 12.4. The van der Waals surface area contributed by atoms with Crippen LogP contribution in [0.15, 0.2) is 29.4 Å². The van der Waals surface area contributed by atoms with Crippen LogP contribution in [0.5, 0.6) is 0 Å². The molecular weight excluding hydrogens is 346 g/mol. The zero-order chi connectivity index (χ0) is 18.8. The van der Waals surface area contributed by atoms with Gasteiger partial charge >= 0.3 is 0 Å². The molecule has 0 aliphatic rings. The predicted molar refractivity (Wildman–Crippen MR) is 103 cm³/mol. The fourth-order valence-electron chi connectivity index (χ4n) is 2.95. The van der Waals surface area contributed by atoms with Gasteiger partial charge in [-0.2, -0.15) is 4.98 Å². The average molecular weight is 369 g/mol. The Bertz CT molecular complexity index is 966. The molecule has 3 aromatic rings. The maximum Gasteiger partial charge on any atom is 0.253 e. The van der Waals surface area contributed by atoms with Crippen molar-refractivity contribution >= 4 is 23.4 Å². The Kier molecular flexibility index (Phi) is 5.27. The summed E-state index contributed by atoms with van der Waals surface area (Å²) in [6.07, 6.45) is 2.24. The SMILES string of the molecule is CSc1nc2nc(C)c(CC(=O)N(C)Cc3ccccc3C)c(C)n2n1.